The molecule has 0 atom stereocenters. The summed E-state index contributed by atoms with van der Waals surface area (Å²) in [6.45, 7) is 2.43. The Kier molecular flexibility index (Phi) is 5.56. The maximum absolute atomic E-state index is 12.5. The summed E-state index contributed by atoms with van der Waals surface area (Å²) in [5, 5.41) is 1.73. The van der Waals surface area contributed by atoms with Crippen molar-refractivity contribution >= 4 is 21.4 Å². The number of halogens is 3. The third-order valence-electron chi connectivity index (χ3n) is 3.98. The monoisotopic (exact) mass is 406 g/mol. The fourth-order valence-corrected chi connectivity index (χ4v) is 5.29. The van der Waals surface area contributed by atoms with Gasteiger partial charge in [0.05, 0.1) is 0 Å². The number of piperazine rings is 1. The molecule has 0 unspecified atom stereocenters. The van der Waals surface area contributed by atoms with Crippen LogP contribution in [0.1, 0.15) is 5.56 Å². The molecule has 0 spiro atoms. The van der Waals surface area contributed by atoms with Gasteiger partial charge < -0.3 is 4.74 Å². The van der Waals surface area contributed by atoms with Crippen LogP contribution in [0.25, 0.3) is 0 Å². The summed E-state index contributed by atoms with van der Waals surface area (Å²) in [4.78, 5) is 2.07. The van der Waals surface area contributed by atoms with Crippen LogP contribution in [0.2, 0.25) is 0 Å². The van der Waals surface area contributed by atoms with E-state index in [0.29, 0.717) is 36.9 Å². The predicted octanol–water partition coefficient (Wildman–Crippen LogP) is 3.15. The number of hydrogen-bond donors (Lipinski definition) is 0. The standard InChI is InChI=1S/C16H17F3N2O3S2/c17-16(18,19)24-14-5-3-13(4-6-14)12-20-7-9-21(10-8-20)26(22,23)15-2-1-11-25-15/h1-6,11H,7-10,12H2. The molecule has 0 aliphatic carbocycles. The summed E-state index contributed by atoms with van der Waals surface area (Å²) >= 11 is 1.20. The number of hydrogen-bond acceptors (Lipinski definition) is 5. The summed E-state index contributed by atoms with van der Waals surface area (Å²) in [7, 11) is -3.44. The van der Waals surface area contributed by atoms with Crippen LogP contribution in [0.3, 0.4) is 0 Å². The lowest BCUT2D eigenvalue weighted by atomic mass is 10.2. The summed E-state index contributed by atoms with van der Waals surface area (Å²) in [6.07, 6.45) is -4.70. The molecule has 26 heavy (non-hydrogen) atoms. The Morgan fingerprint density at radius 1 is 1.04 bits per heavy atom. The molecule has 3 rings (SSSR count). The second-order valence-electron chi connectivity index (χ2n) is 5.80. The van der Waals surface area contributed by atoms with Gasteiger partial charge in [-0.3, -0.25) is 4.90 Å². The molecule has 5 nitrogen and oxygen atoms in total. The van der Waals surface area contributed by atoms with Crippen LogP contribution in [0.15, 0.2) is 46.0 Å². The smallest absolute Gasteiger partial charge is 0.406 e. The highest BCUT2D eigenvalue weighted by atomic mass is 32.2. The largest absolute Gasteiger partial charge is 0.573 e. The van der Waals surface area contributed by atoms with Crippen LogP contribution in [-0.2, 0) is 16.6 Å². The summed E-state index contributed by atoms with van der Waals surface area (Å²) in [5.74, 6) is -0.256. The normalized spacial score (nSPS) is 17.3. The van der Waals surface area contributed by atoms with E-state index in [2.05, 4.69) is 9.64 Å². The SMILES string of the molecule is O=S(=O)(c1cccs1)N1CCN(Cc2ccc(OC(F)(F)F)cc2)CC1. The Morgan fingerprint density at radius 2 is 1.69 bits per heavy atom. The molecule has 0 N–H and O–H groups in total. The highest BCUT2D eigenvalue weighted by Crippen LogP contribution is 2.24. The second-order valence-corrected chi connectivity index (χ2v) is 8.92. The first-order chi connectivity index (χ1) is 12.2. The van der Waals surface area contributed by atoms with E-state index in [1.54, 1.807) is 29.6 Å². The van der Waals surface area contributed by atoms with E-state index in [9.17, 15) is 21.6 Å². The van der Waals surface area contributed by atoms with E-state index >= 15 is 0 Å². The number of alkyl halides is 3. The van der Waals surface area contributed by atoms with Crippen molar-refractivity contribution in [2.24, 2.45) is 0 Å². The molecule has 2 aromatic rings. The van der Waals surface area contributed by atoms with E-state index < -0.39 is 16.4 Å². The minimum Gasteiger partial charge on any atom is -0.406 e. The first-order valence-corrected chi connectivity index (χ1v) is 10.2. The molecule has 1 aliphatic rings. The molecule has 1 aliphatic heterocycles. The number of thiophene rings is 1. The van der Waals surface area contributed by atoms with Crippen molar-refractivity contribution in [2.75, 3.05) is 26.2 Å². The van der Waals surface area contributed by atoms with Crippen molar-refractivity contribution in [1.29, 1.82) is 0 Å². The number of benzene rings is 1. The van der Waals surface area contributed by atoms with Crippen LogP contribution in [0, 0.1) is 0 Å². The zero-order valence-electron chi connectivity index (χ0n) is 13.6. The molecule has 1 fully saturated rings. The number of rotatable bonds is 5. The minimum atomic E-state index is -4.70. The van der Waals surface area contributed by atoms with Crippen molar-refractivity contribution in [3.63, 3.8) is 0 Å². The minimum absolute atomic E-state index is 0.256. The van der Waals surface area contributed by atoms with Gasteiger partial charge in [0, 0.05) is 32.7 Å². The van der Waals surface area contributed by atoms with Crippen molar-refractivity contribution in [1.82, 2.24) is 9.21 Å². The maximum atomic E-state index is 12.5. The van der Waals surface area contributed by atoms with E-state index in [1.165, 1.54) is 27.8 Å². The quantitative estimate of drug-likeness (QED) is 0.766. The highest BCUT2D eigenvalue weighted by molar-refractivity contribution is 7.91. The van der Waals surface area contributed by atoms with Crippen LogP contribution < -0.4 is 4.74 Å². The molecule has 1 aromatic heterocycles. The van der Waals surface area contributed by atoms with Crippen molar-refractivity contribution < 1.29 is 26.3 Å². The highest BCUT2D eigenvalue weighted by Gasteiger charge is 2.31. The van der Waals surface area contributed by atoms with Gasteiger partial charge >= 0.3 is 6.36 Å². The van der Waals surface area contributed by atoms with Gasteiger partial charge in [-0.15, -0.1) is 24.5 Å². The number of ether oxygens (including phenoxy) is 1. The van der Waals surface area contributed by atoms with Crippen molar-refractivity contribution in [3.8, 4) is 5.75 Å². The van der Waals surface area contributed by atoms with Crippen LogP contribution in [0.4, 0.5) is 13.2 Å². The molecule has 0 bridgehead atoms. The van der Waals surface area contributed by atoms with Crippen molar-refractivity contribution in [2.45, 2.75) is 17.1 Å². The predicted molar refractivity (Wildman–Crippen MR) is 91.5 cm³/mol. The zero-order chi connectivity index (χ0) is 18.8. The molecule has 0 amide bonds. The molecule has 0 radical (unpaired) electrons. The molecule has 10 heteroatoms. The average molecular weight is 406 g/mol. The van der Waals surface area contributed by atoms with Gasteiger partial charge in [0.25, 0.3) is 10.0 Å². The lowest BCUT2D eigenvalue weighted by molar-refractivity contribution is -0.274. The summed E-state index contributed by atoms with van der Waals surface area (Å²) < 4.78 is 67.1. The van der Waals surface area contributed by atoms with Gasteiger partial charge in [0.15, 0.2) is 0 Å². The van der Waals surface area contributed by atoms with E-state index in [1.807, 2.05) is 0 Å². The van der Waals surface area contributed by atoms with Crippen LogP contribution in [-0.4, -0.2) is 50.2 Å². The first kappa shape index (κ1) is 19.2. The van der Waals surface area contributed by atoms with Crippen LogP contribution >= 0.6 is 11.3 Å². The molecular formula is C16H17F3N2O3S2. The van der Waals surface area contributed by atoms with Gasteiger partial charge in [-0.05, 0) is 29.1 Å². The van der Waals surface area contributed by atoms with Crippen molar-refractivity contribution in [3.05, 3.63) is 47.3 Å². The van der Waals surface area contributed by atoms with E-state index in [4.69, 9.17) is 0 Å². The zero-order valence-corrected chi connectivity index (χ0v) is 15.3. The Bertz CT molecular complexity index is 813. The van der Waals surface area contributed by atoms with E-state index in [0.717, 1.165) is 5.56 Å². The lowest BCUT2D eigenvalue weighted by Gasteiger charge is -2.33. The Hall–Kier alpha value is -1.62. The lowest BCUT2D eigenvalue weighted by Crippen LogP contribution is -2.48. The van der Waals surface area contributed by atoms with Gasteiger partial charge in [-0.1, -0.05) is 18.2 Å². The molecule has 0 saturated carbocycles. The van der Waals surface area contributed by atoms with Crippen LogP contribution in [0.5, 0.6) is 5.75 Å². The summed E-state index contributed by atoms with van der Waals surface area (Å²) in [6, 6.07) is 9.02. The third-order valence-corrected chi connectivity index (χ3v) is 7.26. The Morgan fingerprint density at radius 3 is 2.23 bits per heavy atom. The Labute approximate surface area is 153 Å². The van der Waals surface area contributed by atoms with E-state index in [-0.39, 0.29) is 5.75 Å². The van der Waals surface area contributed by atoms with Gasteiger partial charge in [-0.25, -0.2) is 8.42 Å². The molecule has 142 valence electrons. The maximum Gasteiger partial charge on any atom is 0.573 e. The Balaban J connectivity index is 1.54. The van der Waals surface area contributed by atoms with Gasteiger partial charge in [-0.2, -0.15) is 4.31 Å². The molecule has 1 aromatic carbocycles. The number of sulfonamides is 1. The number of nitrogens with zero attached hydrogens (tertiary/aromatic N) is 2. The second kappa shape index (κ2) is 7.55. The van der Waals surface area contributed by atoms with Gasteiger partial charge in [0.1, 0.15) is 9.96 Å². The molecular weight excluding hydrogens is 389 g/mol. The summed E-state index contributed by atoms with van der Waals surface area (Å²) in [5.41, 5.74) is 0.842. The topological polar surface area (TPSA) is 49.9 Å². The molecule has 2 heterocycles. The molecule has 1 saturated heterocycles. The third kappa shape index (κ3) is 4.76. The first-order valence-electron chi connectivity index (χ1n) is 7.85. The average Bonchev–Trinajstić information content (AvgIpc) is 3.11. The fraction of sp³-hybridized carbons (Fsp3) is 0.375. The fourth-order valence-electron chi connectivity index (χ4n) is 2.72. The van der Waals surface area contributed by atoms with Gasteiger partial charge in [0.2, 0.25) is 0 Å².